The molecule has 1 aliphatic rings. The molecular weight excluding hydrogens is 299 g/mol. The van der Waals surface area contributed by atoms with E-state index in [0.717, 1.165) is 35.5 Å². The second-order valence-electron chi connectivity index (χ2n) is 5.14. The largest absolute Gasteiger partial charge is 0.416 e. The lowest BCUT2D eigenvalue weighted by atomic mass is 10.1. The topological polar surface area (TPSA) is 50.9 Å². The minimum absolute atomic E-state index is 0.325. The maximum Gasteiger partial charge on any atom is 0.416 e. The van der Waals surface area contributed by atoms with Crippen LogP contribution in [0.3, 0.4) is 0 Å². The summed E-state index contributed by atoms with van der Waals surface area (Å²) in [6, 6.07) is 5.32. The number of anilines is 2. The van der Waals surface area contributed by atoms with Gasteiger partial charge in [-0.1, -0.05) is 12.1 Å². The minimum atomic E-state index is -4.32. The van der Waals surface area contributed by atoms with Gasteiger partial charge in [0, 0.05) is 12.1 Å². The Balaban J connectivity index is 1.73. The van der Waals surface area contributed by atoms with Crippen molar-refractivity contribution in [3.8, 4) is 0 Å². The fourth-order valence-electron chi connectivity index (χ4n) is 2.24. The summed E-state index contributed by atoms with van der Waals surface area (Å²) in [4.78, 5) is 0. The van der Waals surface area contributed by atoms with Gasteiger partial charge in [-0.05, 0) is 48.0 Å². The van der Waals surface area contributed by atoms with E-state index in [4.69, 9.17) is 5.73 Å². The number of benzene rings is 1. The summed E-state index contributed by atoms with van der Waals surface area (Å²) < 4.78 is 42.1. The zero-order valence-corrected chi connectivity index (χ0v) is 11.9. The van der Waals surface area contributed by atoms with Crippen LogP contribution in [0.25, 0.3) is 0 Å². The number of aromatic nitrogens is 1. The summed E-state index contributed by atoms with van der Waals surface area (Å²) in [5.41, 5.74) is 6.81. The molecule has 0 unspecified atom stereocenters. The van der Waals surface area contributed by atoms with Crippen LogP contribution in [0, 0.1) is 0 Å². The van der Waals surface area contributed by atoms with Crippen molar-refractivity contribution in [2.75, 3.05) is 11.1 Å². The molecule has 21 heavy (non-hydrogen) atoms. The van der Waals surface area contributed by atoms with Gasteiger partial charge >= 0.3 is 6.18 Å². The summed E-state index contributed by atoms with van der Waals surface area (Å²) in [5.74, 6) is 0.988. The highest BCUT2D eigenvalue weighted by Gasteiger charge is 2.31. The van der Waals surface area contributed by atoms with Crippen molar-refractivity contribution >= 4 is 22.4 Å². The first kappa shape index (κ1) is 14.2. The number of nitrogens with two attached hydrogens (primary N) is 1. The number of rotatable bonds is 4. The van der Waals surface area contributed by atoms with Crippen LogP contribution in [-0.2, 0) is 12.7 Å². The van der Waals surface area contributed by atoms with Gasteiger partial charge in [0.1, 0.15) is 10.8 Å². The normalized spacial score (nSPS) is 15.2. The van der Waals surface area contributed by atoms with E-state index in [-0.39, 0.29) is 0 Å². The van der Waals surface area contributed by atoms with Gasteiger partial charge in [-0.3, -0.25) is 0 Å². The molecule has 0 saturated heterocycles. The highest BCUT2D eigenvalue weighted by atomic mass is 32.1. The summed E-state index contributed by atoms with van der Waals surface area (Å²) >= 11 is 1.27. The number of halogens is 3. The molecule has 1 heterocycles. The molecule has 2 aromatic rings. The summed E-state index contributed by atoms with van der Waals surface area (Å²) in [6.07, 6.45) is -2.12. The molecule has 3 nitrogen and oxygen atoms in total. The fourth-order valence-corrected chi connectivity index (χ4v) is 3.04. The maximum atomic E-state index is 12.7. The van der Waals surface area contributed by atoms with Crippen molar-refractivity contribution in [3.63, 3.8) is 0 Å². The molecule has 7 heteroatoms. The summed E-state index contributed by atoms with van der Waals surface area (Å²) in [7, 11) is 0. The standard InChI is InChI=1S/C14H14F3N3S/c15-14(16,17)10-3-1-2-8(6-10)7-19-13-11(9-4-5-9)12(18)20-21-13/h1-3,6,9,19H,4-5,7H2,(H2,18,20). The lowest BCUT2D eigenvalue weighted by Gasteiger charge is -2.10. The number of nitrogens with one attached hydrogen (secondary N) is 1. The number of alkyl halides is 3. The fraction of sp³-hybridized carbons (Fsp3) is 0.357. The second-order valence-corrected chi connectivity index (χ2v) is 5.91. The molecule has 1 aliphatic carbocycles. The Labute approximate surface area is 124 Å². The number of hydrogen-bond acceptors (Lipinski definition) is 4. The van der Waals surface area contributed by atoms with Crippen LogP contribution in [0.5, 0.6) is 0 Å². The van der Waals surface area contributed by atoms with Gasteiger partial charge in [0.25, 0.3) is 0 Å². The van der Waals surface area contributed by atoms with Crippen LogP contribution in [0.1, 0.15) is 35.4 Å². The summed E-state index contributed by atoms with van der Waals surface area (Å²) in [5, 5.41) is 4.03. The van der Waals surface area contributed by atoms with Gasteiger partial charge in [0.15, 0.2) is 0 Å². The van der Waals surface area contributed by atoms with Gasteiger partial charge in [0.05, 0.1) is 5.56 Å². The van der Waals surface area contributed by atoms with Gasteiger partial charge in [0.2, 0.25) is 0 Å². The third-order valence-electron chi connectivity index (χ3n) is 3.45. The third kappa shape index (κ3) is 3.12. The molecule has 3 rings (SSSR count). The number of nitrogens with zero attached hydrogens (tertiary/aromatic N) is 1. The molecule has 0 spiro atoms. The Hall–Kier alpha value is -1.76. The molecule has 1 aromatic heterocycles. The first-order valence-corrected chi connectivity index (χ1v) is 7.37. The Morgan fingerprint density at radius 2 is 2.10 bits per heavy atom. The molecule has 0 amide bonds. The van der Waals surface area contributed by atoms with E-state index in [1.165, 1.54) is 17.6 Å². The molecule has 1 aromatic carbocycles. The van der Waals surface area contributed by atoms with E-state index < -0.39 is 11.7 Å². The number of nitrogen functional groups attached to an aromatic ring is 1. The van der Waals surface area contributed by atoms with Crippen LogP contribution in [0.2, 0.25) is 0 Å². The quantitative estimate of drug-likeness (QED) is 0.888. The van der Waals surface area contributed by atoms with E-state index in [0.29, 0.717) is 23.8 Å². The Morgan fingerprint density at radius 3 is 2.76 bits per heavy atom. The van der Waals surface area contributed by atoms with E-state index in [1.54, 1.807) is 6.07 Å². The SMILES string of the molecule is Nc1nsc(NCc2cccc(C(F)(F)F)c2)c1C1CC1. The predicted molar refractivity (Wildman–Crippen MR) is 77.3 cm³/mol. The van der Waals surface area contributed by atoms with Gasteiger partial charge in [-0.25, -0.2) is 0 Å². The second kappa shape index (κ2) is 5.22. The van der Waals surface area contributed by atoms with Crippen molar-refractivity contribution in [2.45, 2.75) is 31.5 Å². The molecule has 1 saturated carbocycles. The van der Waals surface area contributed by atoms with E-state index >= 15 is 0 Å². The minimum Gasteiger partial charge on any atom is -0.383 e. The monoisotopic (exact) mass is 313 g/mol. The zero-order chi connectivity index (χ0) is 15.0. The zero-order valence-electron chi connectivity index (χ0n) is 11.1. The number of hydrogen-bond donors (Lipinski definition) is 2. The lowest BCUT2D eigenvalue weighted by molar-refractivity contribution is -0.137. The lowest BCUT2D eigenvalue weighted by Crippen LogP contribution is -2.07. The molecule has 0 bridgehead atoms. The van der Waals surface area contributed by atoms with Gasteiger partial charge in [-0.2, -0.15) is 17.5 Å². The predicted octanol–water partition coefficient (Wildman–Crippen LogP) is 4.23. The highest BCUT2D eigenvalue weighted by molar-refractivity contribution is 7.10. The third-order valence-corrected chi connectivity index (χ3v) is 4.28. The van der Waals surface area contributed by atoms with Crippen molar-refractivity contribution in [1.82, 2.24) is 4.37 Å². The van der Waals surface area contributed by atoms with Gasteiger partial charge in [-0.15, -0.1) is 0 Å². The van der Waals surface area contributed by atoms with Crippen LogP contribution in [-0.4, -0.2) is 4.37 Å². The van der Waals surface area contributed by atoms with Gasteiger partial charge < -0.3 is 11.1 Å². The Morgan fingerprint density at radius 1 is 1.33 bits per heavy atom. The molecular formula is C14H14F3N3S. The summed E-state index contributed by atoms with van der Waals surface area (Å²) in [6.45, 7) is 0.325. The van der Waals surface area contributed by atoms with Crippen LogP contribution < -0.4 is 11.1 Å². The van der Waals surface area contributed by atoms with Crippen molar-refractivity contribution < 1.29 is 13.2 Å². The van der Waals surface area contributed by atoms with Crippen molar-refractivity contribution in [2.24, 2.45) is 0 Å². The first-order valence-electron chi connectivity index (χ1n) is 6.60. The van der Waals surface area contributed by atoms with Crippen LogP contribution >= 0.6 is 11.5 Å². The smallest absolute Gasteiger partial charge is 0.383 e. The molecule has 1 fully saturated rings. The Kier molecular flexibility index (Phi) is 3.52. The average molecular weight is 313 g/mol. The van der Waals surface area contributed by atoms with Crippen LogP contribution in [0.15, 0.2) is 24.3 Å². The van der Waals surface area contributed by atoms with E-state index in [2.05, 4.69) is 9.69 Å². The maximum absolute atomic E-state index is 12.7. The Bertz CT molecular complexity index is 647. The van der Waals surface area contributed by atoms with E-state index in [9.17, 15) is 13.2 Å². The molecule has 3 N–H and O–H groups in total. The van der Waals surface area contributed by atoms with E-state index in [1.807, 2.05) is 0 Å². The highest BCUT2D eigenvalue weighted by Crippen LogP contribution is 2.47. The average Bonchev–Trinajstić information content (AvgIpc) is 3.20. The van der Waals surface area contributed by atoms with Crippen LogP contribution in [0.4, 0.5) is 24.0 Å². The first-order chi connectivity index (χ1) is 9.95. The molecule has 0 atom stereocenters. The molecule has 112 valence electrons. The van der Waals surface area contributed by atoms with Crippen molar-refractivity contribution in [3.05, 3.63) is 41.0 Å². The molecule has 0 radical (unpaired) electrons. The molecule has 0 aliphatic heterocycles. The van der Waals surface area contributed by atoms with Crippen molar-refractivity contribution in [1.29, 1.82) is 0 Å².